The average Bonchev–Trinajstić information content (AvgIpc) is 2.83. The number of allylic oxidation sites excluding steroid dienone is 2. The van der Waals surface area contributed by atoms with E-state index in [0.29, 0.717) is 5.96 Å². The number of hydrazine groups is 1. The van der Waals surface area contributed by atoms with Crippen LogP contribution in [0.3, 0.4) is 0 Å². The van der Waals surface area contributed by atoms with Crippen LogP contribution in [0, 0.1) is 10.1 Å². The Bertz CT molecular complexity index is 629. The fraction of sp³-hybridized carbons (Fsp3) is 0.250. The minimum atomic E-state index is -0.605. The van der Waals surface area contributed by atoms with E-state index in [1.54, 1.807) is 0 Å². The van der Waals surface area contributed by atoms with Crippen LogP contribution in [0.2, 0.25) is 0 Å². The van der Waals surface area contributed by atoms with Gasteiger partial charge in [0.05, 0.1) is 11.8 Å². The van der Waals surface area contributed by atoms with Gasteiger partial charge in [0.25, 0.3) is 0 Å². The second kappa shape index (κ2) is 5.99. The molecule has 0 spiro atoms. The van der Waals surface area contributed by atoms with Crippen LogP contribution in [0.5, 0.6) is 0 Å². The molecule has 3 N–H and O–H groups in total. The maximum atomic E-state index is 10.5. The molecule has 1 aromatic rings. The van der Waals surface area contributed by atoms with Gasteiger partial charge in [-0.25, -0.2) is 4.99 Å². The quantitative estimate of drug-likeness (QED) is 0.568. The van der Waals surface area contributed by atoms with Crippen molar-refractivity contribution in [2.24, 2.45) is 4.99 Å². The highest BCUT2D eigenvalue weighted by Gasteiger charge is 2.12. The van der Waals surface area contributed by atoms with E-state index >= 15 is 0 Å². The second-order valence-electron chi connectivity index (χ2n) is 4.58. The predicted molar refractivity (Wildman–Crippen MR) is 78.2 cm³/mol. The Morgan fingerprint density at radius 1 is 1.43 bits per heavy atom. The molecule has 0 saturated heterocycles. The summed E-state index contributed by atoms with van der Waals surface area (Å²) in [7, 11) is 3.81. The molecule has 0 unspecified atom stereocenters. The Labute approximate surface area is 121 Å². The molecule has 9 nitrogen and oxygen atoms in total. The SMILES string of the molecule is CC1=CC(=CN(C)C)N=C(NNc2ccc([N+](=O)[O-])o2)N1. The zero-order valence-corrected chi connectivity index (χ0v) is 11.9. The van der Waals surface area contributed by atoms with Crippen LogP contribution in [0.25, 0.3) is 0 Å². The molecular weight excluding hydrogens is 276 g/mol. The third-order valence-electron chi connectivity index (χ3n) is 2.39. The van der Waals surface area contributed by atoms with Gasteiger partial charge >= 0.3 is 5.88 Å². The van der Waals surface area contributed by atoms with Gasteiger partial charge in [0.2, 0.25) is 11.8 Å². The van der Waals surface area contributed by atoms with E-state index in [9.17, 15) is 10.1 Å². The maximum absolute atomic E-state index is 10.5. The summed E-state index contributed by atoms with van der Waals surface area (Å²) < 4.78 is 4.96. The molecule has 2 heterocycles. The zero-order chi connectivity index (χ0) is 15.4. The van der Waals surface area contributed by atoms with Gasteiger partial charge in [0.15, 0.2) is 0 Å². The van der Waals surface area contributed by atoms with Crippen LogP contribution in [-0.4, -0.2) is 29.9 Å². The standard InChI is InChI=1S/C12H16N6O3/c1-8-6-9(7-17(2)3)14-12(13-8)16-15-10-4-5-11(21-10)18(19)20/h4-7,15H,1-3H3,(H2,13,14,16). The molecule has 0 aromatic carbocycles. The van der Waals surface area contributed by atoms with Crippen LogP contribution in [0.4, 0.5) is 11.8 Å². The molecule has 0 bridgehead atoms. The zero-order valence-electron chi connectivity index (χ0n) is 11.9. The summed E-state index contributed by atoms with van der Waals surface area (Å²) in [5.41, 5.74) is 7.18. The van der Waals surface area contributed by atoms with Crippen molar-refractivity contribution < 1.29 is 9.34 Å². The lowest BCUT2D eigenvalue weighted by atomic mass is 10.3. The van der Waals surface area contributed by atoms with E-state index in [1.165, 1.54) is 12.1 Å². The molecule has 112 valence electrons. The van der Waals surface area contributed by atoms with Gasteiger partial charge in [-0.05, 0) is 13.0 Å². The summed E-state index contributed by atoms with van der Waals surface area (Å²) in [6, 6.07) is 2.72. The molecule has 1 aliphatic rings. The van der Waals surface area contributed by atoms with Crippen LogP contribution in [0.15, 0.2) is 45.2 Å². The molecule has 2 rings (SSSR count). The lowest BCUT2D eigenvalue weighted by molar-refractivity contribution is -0.401. The van der Waals surface area contributed by atoms with Crippen molar-refractivity contribution in [1.29, 1.82) is 0 Å². The third-order valence-corrected chi connectivity index (χ3v) is 2.39. The Kier molecular flexibility index (Phi) is 4.12. The number of hydrogen-bond donors (Lipinski definition) is 3. The number of anilines is 1. The van der Waals surface area contributed by atoms with E-state index in [-0.39, 0.29) is 11.8 Å². The fourth-order valence-electron chi connectivity index (χ4n) is 1.64. The third kappa shape index (κ3) is 4.00. The van der Waals surface area contributed by atoms with Crippen LogP contribution in [-0.2, 0) is 0 Å². The first-order valence-electron chi connectivity index (χ1n) is 6.12. The number of nitrogens with one attached hydrogen (secondary N) is 3. The highest BCUT2D eigenvalue weighted by atomic mass is 16.6. The topological polar surface area (TPSA) is 108 Å². The molecule has 0 saturated carbocycles. The van der Waals surface area contributed by atoms with Crippen molar-refractivity contribution in [3.05, 3.63) is 45.9 Å². The normalized spacial score (nSPS) is 15.9. The lowest BCUT2D eigenvalue weighted by Crippen LogP contribution is -2.41. The Balaban J connectivity index is 2.02. The van der Waals surface area contributed by atoms with Gasteiger partial charge in [-0.2, -0.15) is 0 Å². The molecule has 0 radical (unpaired) electrons. The molecule has 0 atom stereocenters. The molecule has 0 amide bonds. The van der Waals surface area contributed by atoms with E-state index in [0.717, 1.165) is 11.4 Å². The summed E-state index contributed by atoms with van der Waals surface area (Å²) in [6.45, 7) is 1.90. The fourth-order valence-corrected chi connectivity index (χ4v) is 1.64. The smallest absolute Gasteiger partial charge is 0.383 e. The minimum Gasteiger partial charge on any atom is -0.383 e. The van der Waals surface area contributed by atoms with Crippen molar-refractivity contribution in [3.63, 3.8) is 0 Å². The monoisotopic (exact) mass is 292 g/mol. The molecular formula is C12H16N6O3. The first-order valence-corrected chi connectivity index (χ1v) is 6.12. The van der Waals surface area contributed by atoms with Crippen molar-refractivity contribution in [2.75, 3.05) is 19.5 Å². The first-order chi connectivity index (χ1) is 9.94. The Hall–Kier alpha value is -2.97. The maximum Gasteiger partial charge on any atom is 0.434 e. The van der Waals surface area contributed by atoms with Gasteiger partial charge in [-0.1, -0.05) is 0 Å². The number of furan rings is 1. The summed E-state index contributed by atoms with van der Waals surface area (Å²) in [5, 5.41) is 13.5. The average molecular weight is 292 g/mol. The van der Waals surface area contributed by atoms with Gasteiger partial charge < -0.3 is 14.6 Å². The Morgan fingerprint density at radius 3 is 2.81 bits per heavy atom. The van der Waals surface area contributed by atoms with Gasteiger partial charge in [0, 0.05) is 32.1 Å². The first kappa shape index (κ1) is 14.4. The van der Waals surface area contributed by atoms with Crippen molar-refractivity contribution in [3.8, 4) is 0 Å². The number of guanidine groups is 1. The summed E-state index contributed by atoms with van der Waals surface area (Å²) in [4.78, 5) is 16.1. The number of rotatable bonds is 4. The number of nitro groups is 1. The van der Waals surface area contributed by atoms with Crippen LogP contribution < -0.4 is 16.2 Å². The highest BCUT2D eigenvalue weighted by Crippen LogP contribution is 2.19. The largest absolute Gasteiger partial charge is 0.434 e. The van der Waals surface area contributed by atoms with Gasteiger partial charge in [0.1, 0.15) is 4.92 Å². The summed E-state index contributed by atoms with van der Waals surface area (Å²) in [5.74, 6) is 0.348. The molecule has 0 fully saturated rings. The van der Waals surface area contributed by atoms with Crippen LogP contribution >= 0.6 is 0 Å². The molecule has 0 aliphatic carbocycles. The van der Waals surface area contributed by atoms with E-state index in [4.69, 9.17) is 4.42 Å². The number of aliphatic imine (C=N–C) groups is 1. The number of hydrogen-bond acceptors (Lipinski definition) is 8. The number of nitrogens with zero attached hydrogens (tertiary/aromatic N) is 3. The van der Waals surface area contributed by atoms with Gasteiger partial charge in [-0.15, -0.1) is 0 Å². The minimum absolute atomic E-state index is 0.219. The molecule has 9 heteroatoms. The van der Waals surface area contributed by atoms with Gasteiger partial charge in [-0.3, -0.25) is 21.0 Å². The second-order valence-corrected chi connectivity index (χ2v) is 4.58. The van der Waals surface area contributed by atoms with E-state index in [1.807, 2.05) is 38.2 Å². The summed E-state index contributed by atoms with van der Waals surface area (Å²) in [6.07, 6.45) is 3.76. The van der Waals surface area contributed by atoms with E-state index in [2.05, 4.69) is 21.2 Å². The van der Waals surface area contributed by atoms with E-state index < -0.39 is 4.92 Å². The predicted octanol–water partition coefficient (Wildman–Crippen LogP) is 1.37. The van der Waals surface area contributed by atoms with Crippen molar-refractivity contribution in [2.45, 2.75) is 6.92 Å². The van der Waals surface area contributed by atoms with Crippen molar-refractivity contribution in [1.82, 2.24) is 15.6 Å². The summed E-state index contributed by atoms with van der Waals surface area (Å²) >= 11 is 0. The Morgan fingerprint density at radius 2 is 2.19 bits per heavy atom. The molecule has 1 aromatic heterocycles. The molecule has 21 heavy (non-hydrogen) atoms. The van der Waals surface area contributed by atoms with Crippen molar-refractivity contribution >= 4 is 17.7 Å². The molecule has 1 aliphatic heterocycles. The van der Waals surface area contributed by atoms with Crippen LogP contribution in [0.1, 0.15) is 6.92 Å². The highest BCUT2D eigenvalue weighted by molar-refractivity contribution is 5.84. The lowest BCUT2D eigenvalue weighted by Gasteiger charge is -2.18.